The Kier molecular flexibility index (Phi) is 3.90. The highest BCUT2D eigenvalue weighted by molar-refractivity contribution is 5.90. The number of hydrogen-bond acceptors (Lipinski definition) is 3. The van der Waals surface area contributed by atoms with Gasteiger partial charge in [-0.15, -0.1) is 0 Å². The lowest BCUT2D eigenvalue weighted by Crippen LogP contribution is -2.28. The number of rotatable bonds is 2. The van der Waals surface area contributed by atoms with Gasteiger partial charge in [0.05, 0.1) is 5.56 Å². The molecule has 0 saturated heterocycles. The number of nitrogens with one attached hydrogen (secondary N) is 1. The summed E-state index contributed by atoms with van der Waals surface area (Å²) in [6, 6.07) is 4.27. The van der Waals surface area contributed by atoms with E-state index in [2.05, 4.69) is 5.32 Å². The molecule has 3 nitrogen and oxygen atoms in total. The number of alkyl halides is 3. The van der Waals surface area contributed by atoms with Crippen molar-refractivity contribution in [1.29, 1.82) is 0 Å². The van der Waals surface area contributed by atoms with Crippen LogP contribution in [0.15, 0.2) is 35.9 Å². The van der Waals surface area contributed by atoms with E-state index in [9.17, 15) is 18.0 Å². The average molecular weight is 271 g/mol. The van der Waals surface area contributed by atoms with E-state index < -0.39 is 17.7 Å². The highest BCUT2D eigenvalue weighted by Gasteiger charge is 2.30. The Bertz CT molecular complexity index is 509. The summed E-state index contributed by atoms with van der Waals surface area (Å²) < 4.78 is 42.4. The van der Waals surface area contributed by atoms with Gasteiger partial charge < -0.3 is 10.1 Å². The summed E-state index contributed by atoms with van der Waals surface area (Å²) in [5, 5.41) is 2.99. The molecule has 102 valence electrons. The fourth-order valence-electron chi connectivity index (χ4n) is 1.71. The normalized spacial score (nSPS) is 15.8. The van der Waals surface area contributed by atoms with Gasteiger partial charge in [0.2, 0.25) is 0 Å². The zero-order valence-electron chi connectivity index (χ0n) is 9.96. The van der Waals surface area contributed by atoms with E-state index in [1.54, 1.807) is 6.08 Å². The fourth-order valence-corrected chi connectivity index (χ4v) is 1.71. The maximum Gasteiger partial charge on any atom is 0.416 e. The first kappa shape index (κ1) is 13.6. The van der Waals surface area contributed by atoms with E-state index in [-0.39, 0.29) is 5.75 Å². The van der Waals surface area contributed by atoms with Crippen molar-refractivity contribution in [3.8, 4) is 5.75 Å². The third-order valence-corrected chi connectivity index (χ3v) is 2.66. The lowest BCUT2D eigenvalue weighted by atomic mass is 10.1. The summed E-state index contributed by atoms with van der Waals surface area (Å²) in [6.07, 6.45) is -2.02. The van der Waals surface area contributed by atoms with Crippen LogP contribution in [0.5, 0.6) is 5.75 Å². The number of carbonyl (C=O) groups is 1. The molecule has 1 aliphatic heterocycles. The Hall–Kier alpha value is -1.82. The Morgan fingerprint density at radius 3 is 2.74 bits per heavy atom. The number of halogens is 3. The van der Waals surface area contributed by atoms with Gasteiger partial charge >= 0.3 is 12.1 Å². The van der Waals surface area contributed by atoms with Crippen molar-refractivity contribution < 1.29 is 22.7 Å². The van der Waals surface area contributed by atoms with Crippen molar-refractivity contribution in [2.24, 2.45) is 0 Å². The Morgan fingerprint density at radius 1 is 1.32 bits per heavy atom. The highest BCUT2D eigenvalue weighted by Crippen LogP contribution is 2.31. The molecule has 1 N–H and O–H groups in total. The van der Waals surface area contributed by atoms with Gasteiger partial charge in [-0.05, 0) is 31.2 Å². The van der Waals surface area contributed by atoms with Gasteiger partial charge in [-0.3, -0.25) is 0 Å². The Morgan fingerprint density at radius 2 is 2.11 bits per heavy atom. The molecule has 0 bridgehead atoms. The highest BCUT2D eigenvalue weighted by atomic mass is 19.4. The molecule has 2 rings (SSSR count). The van der Waals surface area contributed by atoms with E-state index in [0.29, 0.717) is 18.5 Å². The van der Waals surface area contributed by atoms with Crippen LogP contribution in [0.1, 0.15) is 12.0 Å². The van der Waals surface area contributed by atoms with Crippen LogP contribution in [-0.2, 0) is 11.0 Å². The molecule has 1 heterocycles. The molecule has 6 heteroatoms. The Balaban J connectivity index is 2.11. The second-order valence-corrected chi connectivity index (χ2v) is 4.11. The van der Waals surface area contributed by atoms with E-state index in [0.717, 1.165) is 18.7 Å². The molecule has 0 atom stereocenters. The predicted molar refractivity (Wildman–Crippen MR) is 62.6 cm³/mol. The molecule has 1 aliphatic rings. The average Bonchev–Trinajstić information content (AvgIpc) is 2.39. The molecule has 0 radical (unpaired) electrons. The number of hydrogen-bond donors (Lipinski definition) is 1. The standard InChI is InChI=1S/C13H12F3NO2/c14-13(15,16)10-4-1-5-11(7-10)19-12(18)9-3-2-6-17-8-9/h1,3-5,7,17H,2,6,8H2. The minimum absolute atomic E-state index is 0.105. The maximum absolute atomic E-state index is 12.5. The van der Waals surface area contributed by atoms with Crippen LogP contribution in [-0.4, -0.2) is 19.1 Å². The van der Waals surface area contributed by atoms with Crippen LogP contribution in [0.3, 0.4) is 0 Å². The van der Waals surface area contributed by atoms with Crippen molar-refractivity contribution in [1.82, 2.24) is 5.32 Å². The monoisotopic (exact) mass is 271 g/mol. The topological polar surface area (TPSA) is 38.3 Å². The molecule has 0 aliphatic carbocycles. The summed E-state index contributed by atoms with van der Waals surface area (Å²) in [7, 11) is 0. The second kappa shape index (κ2) is 5.44. The van der Waals surface area contributed by atoms with Gasteiger partial charge in [-0.1, -0.05) is 12.1 Å². The van der Waals surface area contributed by atoms with E-state index in [4.69, 9.17) is 4.74 Å². The first-order valence-corrected chi connectivity index (χ1v) is 5.76. The summed E-state index contributed by atoms with van der Waals surface area (Å²) >= 11 is 0. The molecule has 19 heavy (non-hydrogen) atoms. The lowest BCUT2D eigenvalue weighted by molar-refractivity contribution is -0.138. The molecule has 1 aromatic rings. The summed E-state index contributed by atoms with van der Waals surface area (Å²) in [5.41, 5.74) is -0.405. The van der Waals surface area contributed by atoms with Gasteiger partial charge in [0.15, 0.2) is 0 Å². The zero-order chi connectivity index (χ0) is 13.9. The maximum atomic E-state index is 12.5. The van der Waals surface area contributed by atoms with Crippen LogP contribution in [0.25, 0.3) is 0 Å². The smallest absolute Gasteiger partial charge is 0.416 e. The number of carbonyl (C=O) groups excluding carboxylic acids is 1. The first-order chi connectivity index (χ1) is 8.97. The van der Waals surface area contributed by atoms with Crippen LogP contribution < -0.4 is 10.1 Å². The van der Waals surface area contributed by atoms with Crippen molar-refractivity contribution in [2.75, 3.05) is 13.1 Å². The van der Waals surface area contributed by atoms with Crippen molar-refractivity contribution in [3.63, 3.8) is 0 Å². The molecule has 1 aromatic carbocycles. The second-order valence-electron chi connectivity index (χ2n) is 4.11. The van der Waals surface area contributed by atoms with Crippen LogP contribution in [0, 0.1) is 0 Å². The van der Waals surface area contributed by atoms with Gasteiger partial charge in [0.1, 0.15) is 5.75 Å². The van der Waals surface area contributed by atoms with E-state index >= 15 is 0 Å². The molecular formula is C13H12F3NO2. The van der Waals surface area contributed by atoms with Gasteiger partial charge in [-0.25, -0.2) is 4.79 Å². The molecular weight excluding hydrogens is 259 g/mol. The largest absolute Gasteiger partial charge is 0.423 e. The predicted octanol–water partition coefficient (Wildman–Crippen LogP) is 2.53. The first-order valence-electron chi connectivity index (χ1n) is 5.76. The van der Waals surface area contributed by atoms with E-state index in [1.807, 2.05) is 0 Å². The fraction of sp³-hybridized carbons (Fsp3) is 0.308. The third kappa shape index (κ3) is 3.57. The van der Waals surface area contributed by atoms with E-state index in [1.165, 1.54) is 12.1 Å². The number of ether oxygens (including phenoxy) is 1. The molecule has 0 amide bonds. The number of esters is 1. The molecule has 0 spiro atoms. The SMILES string of the molecule is O=C(Oc1cccc(C(F)(F)F)c1)C1=CCCNC1. The zero-order valence-corrected chi connectivity index (χ0v) is 9.96. The van der Waals surface area contributed by atoms with Crippen molar-refractivity contribution in [2.45, 2.75) is 12.6 Å². The Labute approximate surface area is 108 Å². The van der Waals surface area contributed by atoms with Crippen LogP contribution >= 0.6 is 0 Å². The molecule has 0 unspecified atom stereocenters. The lowest BCUT2D eigenvalue weighted by Gasteiger charge is -2.14. The quantitative estimate of drug-likeness (QED) is 0.663. The number of benzene rings is 1. The minimum Gasteiger partial charge on any atom is -0.423 e. The summed E-state index contributed by atoms with van der Waals surface area (Å²) in [6.45, 7) is 1.15. The van der Waals surface area contributed by atoms with Crippen molar-refractivity contribution >= 4 is 5.97 Å². The van der Waals surface area contributed by atoms with Gasteiger partial charge in [0, 0.05) is 12.1 Å². The van der Waals surface area contributed by atoms with Gasteiger partial charge in [-0.2, -0.15) is 13.2 Å². The summed E-state index contributed by atoms with van der Waals surface area (Å²) in [5.74, 6) is -0.724. The molecule has 0 aromatic heterocycles. The summed E-state index contributed by atoms with van der Waals surface area (Å²) in [4.78, 5) is 11.7. The van der Waals surface area contributed by atoms with Crippen LogP contribution in [0.2, 0.25) is 0 Å². The molecule has 0 fully saturated rings. The van der Waals surface area contributed by atoms with Gasteiger partial charge in [0.25, 0.3) is 0 Å². The van der Waals surface area contributed by atoms with Crippen LogP contribution in [0.4, 0.5) is 13.2 Å². The molecule has 0 saturated carbocycles. The van der Waals surface area contributed by atoms with Crippen molar-refractivity contribution in [3.05, 3.63) is 41.5 Å². The third-order valence-electron chi connectivity index (χ3n) is 2.66. The minimum atomic E-state index is -4.45.